The maximum atomic E-state index is 12.7. The van der Waals surface area contributed by atoms with E-state index in [4.69, 9.17) is 9.47 Å². The van der Waals surface area contributed by atoms with E-state index in [0.717, 1.165) is 30.1 Å². The van der Waals surface area contributed by atoms with Crippen LogP contribution < -0.4 is 9.47 Å². The van der Waals surface area contributed by atoms with Crippen molar-refractivity contribution in [3.05, 3.63) is 65.1 Å². The molecule has 0 aromatic heterocycles. The molecule has 2 aromatic rings. The number of aliphatic hydroxyl groups excluding tert-OH is 1. The second kappa shape index (κ2) is 8.78. The molecule has 3 atom stereocenters. The number of ether oxygens (including phenoxy) is 2. The summed E-state index contributed by atoms with van der Waals surface area (Å²) >= 11 is 0. The Labute approximate surface area is 191 Å². The van der Waals surface area contributed by atoms with Crippen LogP contribution in [0.1, 0.15) is 50.3 Å². The van der Waals surface area contributed by atoms with Gasteiger partial charge in [0.2, 0.25) is 5.91 Å². The summed E-state index contributed by atoms with van der Waals surface area (Å²) in [5, 5.41) is 10.7. The normalized spacial score (nSPS) is 24.0. The molecule has 1 aliphatic heterocycles. The third kappa shape index (κ3) is 4.11. The Bertz CT molecular complexity index is 960. The van der Waals surface area contributed by atoms with Gasteiger partial charge in [-0.15, -0.1) is 0 Å². The average molecular weight is 437 g/mol. The second-order valence-corrected chi connectivity index (χ2v) is 9.75. The van der Waals surface area contributed by atoms with Crippen LogP contribution in [0, 0.1) is 11.3 Å². The van der Waals surface area contributed by atoms with Crippen molar-refractivity contribution < 1.29 is 19.4 Å². The number of carbonyl (C=O) groups excluding carboxylic acids is 1. The molecule has 2 aromatic carbocycles. The fourth-order valence-electron chi connectivity index (χ4n) is 5.18. The molecular formula is C27H34NO4. The number of hydrogen-bond donors (Lipinski definition) is 1. The minimum Gasteiger partial charge on any atom is -0.493 e. The number of hydrogen-bond acceptors (Lipinski definition) is 4. The lowest BCUT2D eigenvalue weighted by atomic mass is 9.72. The van der Waals surface area contributed by atoms with Gasteiger partial charge in [0.05, 0.1) is 19.1 Å². The molecule has 1 radical (unpaired) electrons. The monoisotopic (exact) mass is 436 g/mol. The van der Waals surface area contributed by atoms with Crippen molar-refractivity contribution in [1.82, 2.24) is 4.90 Å². The van der Waals surface area contributed by atoms with Gasteiger partial charge >= 0.3 is 0 Å². The zero-order valence-corrected chi connectivity index (χ0v) is 19.7. The minimum atomic E-state index is -0.557. The number of benzene rings is 2. The molecule has 0 bridgehead atoms. The molecule has 2 aliphatic rings. The average Bonchev–Trinajstić information content (AvgIpc) is 3.34. The Hall–Kier alpha value is -2.53. The van der Waals surface area contributed by atoms with Gasteiger partial charge in [-0.05, 0) is 49.6 Å². The number of likely N-dealkylation sites (tertiary alicyclic amines) is 1. The maximum absolute atomic E-state index is 12.7. The number of fused-ring (bicyclic) bond motifs is 1. The van der Waals surface area contributed by atoms with Crippen LogP contribution in [0.3, 0.4) is 0 Å². The molecule has 0 saturated carbocycles. The summed E-state index contributed by atoms with van der Waals surface area (Å²) in [5.74, 6) is 2.23. The van der Waals surface area contributed by atoms with Crippen molar-refractivity contribution >= 4 is 5.91 Å². The Morgan fingerprint density at radius 3 is 2.34 bits per heavy atom. The summed E-state index contributed by atoms with van der Waals surface area (Å²) in [6.07, 6.45) is 1.27. The van der Waals surface area contributed by atoms with Gasteiger partial charge in [-0.2, -0.15) is 0 Å². The molecule has 171 valence electrons. The van der Waals surface area contributed by atoms with E-state index in [1.807, 2.05) is 43.9 Å². The molecule has 0 unspecified atom stereocenters. The first-order chi connectivity index (χ1) is 15.2. The summed E-state index contributed by atoms with van der Waals surface area (Å²) in [7, 11) is 1.65. The predicted octanol–water partition coefficient (Wildman–Crippen LogP) is 4.17. The highest BCUT2D eigenvalue weighted by atomic mass is 16.5. The predicted molar refractivity (Wildman–Crippen MR) is 125 cm³/mol. The minimum absolute atomic E-state index is 0.000156. The van der Waals surface area contributed by atoms with Crippen LogP contribution in [-0.2, 0) is 17.6 Å². The zero-order chi connectivity index (χ0) is 23.0. The summed E-state index contributed by atoms with van der Waals surface area (Å²) in [4.78, 5) is 14.6. The molecule has 1 saturated heterocycles. The fraction of sp³-hybridized carbons (Fsp3) is 0.481. The van der Waals surface area contributed by atoms with Gasteiger partial charge in [0.1, 0.15) is 6.10 Å². The van der Waals surface area contributed by atoms with Crippen LogP contribution in [0.2, 0.25) is 0 Å². The number of carbonyl (C=O) groups is 1. The van der Waals surface area contributed by atoms with Gasteiger partial charge in [0, 0.05) is 37.3 Å². The quantitative estimate of drug-likeness (QED) is 0.738. The van der Waals surface area contributed by atoms with Crippen molar-refractivity contribution in [2.45, 2.75) is 58.7 Å². The number of amides is 1. The van der Waals surface area contributed by atoms with Crippen LogP contribution in [0.5, 0.6) is 11.5 Å². The fourth-order valence-corrected chi connectivity index (χ4v) is 5.18. The standard InChI is InChI=1S/C27H34NO4/c1-17(2)26(30)28-15-23(27(4,16-28)18(3)29)21-10-11-24(31-5)25(14-21)32-22-12-19-8-6-7-9-20(19)13-22/h6-11,14,18,22-23,29H,12-13,15-16H2,1-5H3/t18-,23+,27+/m1/s1. The van der Waals surface area contributed by atoms with Gasteiger partial charge in [-0.3, -0.25) is 4.79 Å². The molecule has 1 N–H and O–H groups in total. The van der Waals surface area contributed by atoms with E-state index in [1.54, 1.807) is 7.11 Å². The van der Waals surface area contributed by atoms with Crippen molar-refractivity contribution in [3.63, 3.8) is 0 Å². The van der Waals surface area contributed by atoms with Crippen molar-refractivity contribution in [2.75, 3.05) is 20.2 Å². The van der Waals surface area contributed by atoms with E-state index >= 15 is 0 Å². The first kappa shape index (κ1) is 22.7. The van der Waals surface area contributed by atoms with Crippen LogP contribution in [0.4, 0.5) is 0 Å². The smallest absolute Gasteiger partial charge is 0.229 e. The van der Waals surface area contributed by atoms with E-state index in [0.29, 0.717) is 18.8 Å². The van der Waals surface area contributed by atoms with Gasteiger partial charge < -0.3 is 19.5 Å². The van der Waals surface area contributed by atoms with Crippen molar-refractivity contribution in [2.24, 2.45) is 5.41 Å². The molecule has 1 amide bonds. The summed E-state index contributed by atoms with van der Waals surface area (Å²) in [6, 6.07) is 14.5. The van der Waals surface area contributed by atoms with E-state index in [2.05, 4.69) is 31.2 Å². The summed E-state index contributed by atoms with van der Waals surface area (Å²) in [6.45, 7) is 8.67. The van der Waals surface area contributed by atoms with Crippen LogP contribution in [0.25, 0.3) is 0 Å². The zero-order valence-electron chi connectivity index (χ0n) is 19.7. The molecule has 1 heterocycles. The van der Waals surface area contributed by atoms with Crippen molar-refractivity contribution in [1.29, 1.82) is 0 Å². The first-order valence-electron chi connectivity index (χ1n) is 11.4. The second-order valence-electron chi connectivity index (χ2n) is 9.75. The molecule has 1 fully saturated rings. The lowest BCUT2D eigenvalue weighted by Crippen LogP contribution is -2.38. The SMILES string of the molecule is COc1ccc([C@@H]2CN(C(=O)[C](C)C)C[C@@]2(C)[C@@H](C)O)cc1OC1Cc2ccccc2C1. The Kier molecular flexibility index (Phi) is 6.22. The number of nitrogens with zero attached hydrogens (tertiary/aromatic N) is 1. The molecule has 4 rings (SSSR count). The van der Waals surface area contributed by atoms with E-state index in [9.17, 15) is 9.90 Å². The van der Waals surface area contributed by atoms with Crippen LogP contribution in [0.15, 0.2) is 42.5 Å². The summed E-state index contributed by atoms with van der Waals surface area (Å²) < 4.78 is 12.0. The van der Waals surface area contributed by atoms with E-state index in [-0.39, 0.29) is 17.9 Å². The molecule has 32 heavy (non-hydrogen) atoms. The van der Waals surface area contributed by atoms with Gasteiger partial charge in [0.25, 0.3) is 0 Å². The maximum Gasteiger partial charge on any atom is 0.229 e. The Balaban J connectivity index is 1.61. The first-order valence-corrected chi connectivity index (χ1v) is 11.4. The van der Waals surface area contributed by atoms with Gasteiger partial charge in [-0.25, -0.2) is 0 Å². The number of rotatable bonds is 6. The van der Waals surface area contributed by atoms with E-state index < -0.39 is 11.5 Å². The number of aliphatic hydroxyl groups is 1. The Morgan fingerprint density at radius 1 is 1.12 bits per heavy atom. The Morgan fingerprint density at radius 2 is 1.78 bits per heavy atom. The third-order valence-electron chi connectivity index (χ3n) is 7.30. The largest absolute Gasteiger partial charge is 0.493 e. The molecular weight excluding hydrogens is 402 g/mol. The van der Waals surface area contributed by atoms with Crippen LogP contribution >= 0.6 is 0 Å². The van der Waals surface area contributed by atoms with Crippen molar-refractivity contribution in [3.8, 4) is 11.5 Å². The number of methoxy groups -OCH3 is 1. The molecule has 5 nitrogen and oxygen atoms in total. The summed E-state index contributed by atoms with van der Waals surface area (Å²) in [5.41, 5.74) is 3.29. The molecule has 5 heteroatoms. The highest BCUT2D eigenvalue weighted by molar-refractivity contribution is 5.89. The van der Waals surface area contributed by atoms with E-state index in [1.165, 1.54) is 11.1 Å². The third-order valence-corrected chi connectivity index (χ3v) is 7.30. The topological polar surface area (TPSA) is 59.0 Å². The highest BCUT2D eigenvalue weighted by Crippen LogP contribution is 2.47. The highest BCUT2D eigenvalue weighted by Gasteiger charge is 2.48. The van der Waals surface area contributed by atoms with Gasteiger partial charge in [0.15, 0.2) is 11.5 Å². The van der Waals surface area contributed by atoms with Crippen LogP contribution in [-0.4, -0.2) is 48.3 Å². The molecule has 1 aliphatic carbocycles. The van der Waals surface area contributed by atoms with Gasteiger partial charge in [-0.1, -0.05) is 37.3 Å². The molecule has 0 spiro atoms. The lowest BCUT2D eigenvalue weighted by Gasteiger charge is -2.34. The lowest BCUT2D eigenvalue weighted by molar-refractivity contribution is -0.128.